The Morgan fingerprint density at radius 1 is 1.20 bits per heavy atom. The number of methoxy groups -OCH3 is 1. The summed E-state index contributed by atoms with van der Waals surface area (Å²) < 4.78 is 5.19. The van der Waals surface area contributed by atoms with Crippen LogP contribution in [0.1, 0.15) is 22.8 Å². The zero-order valence-electron chi connectivity index (χ0n) is 14.5. The first-order valence-corrected chi connectivity index (χ1v) is 8.27. The Hall–Kier alpha value is -2.53. The number of carbonyl (C=O) groups is 2. The zero-order chi connectivity index (χ0) is 18.4. The topological polar surface area (TPSA) is 58.6 Å². The Morgan fingerprint density at radius 3 is 2.60 bits per heavy atom. The number of aryl methyl sites for hydroxylation is 1. The molecule has 0 radical (unpaired) electrons. The molecule has 2 aromatic rings. The molecule has 0 unspecified atom stereocenters. The molecule has 0 aliphatic rings. The maximum Gasteiger partial charge on any atom is 0.255 e. The third-order valence-corrected chi connectivity index (χ3v) is 4.05. The molecule has 0 aliphatic carbocycles. The van der Waals surface area contributed by atoms with Crippen molar-refractivity contribution in [3.63, 3.8) is 0 Å². The highest BCUT2D eigenvalue weighted by atomic mass is 35.5. The molecule has 132 valence electrons. The van der Waals surface area contributed by atoms with Crippen LogP contribution in [0.2, 0.25) is 5.02 Å². The molecule has 0 atom stereocenters. The van der Waals surface area contributed by atoms with Crippen molar-refractivity contribution in [3.8, 4) is 5.75 Å². The summed E-state index contributed by atoms with van der Waals surface area (Å²) in [5, 5.41) is 3.38. The molecule has 0 aliphatic heterocycles. The molecule has 0 aromatic heterocycles. The fourth-order valence-electron chi connectivity index (χ4n) is 2.53. The highest BCUT2D eigenvalue weighted by Gasteiger charge is 2.16. The van der Waals surface area contributed by atoms with Gasteiger partial charge >= 0.3 is 0 Å². The molecule has 25 heavy (non-hydrogen) atoms. The summed E-state index contributed by atoms with van der Waals surface area (Å²) in [4.78, 5) is 25.9. The molecule has 0 bridgehead atoms. The van der Waals surface area contributed by atoms with Crippen LogP contribution in [-0.2, 0) is 4.79 Å². The number of ether oxygens (including phenoxy) is 1. The normalized spacial score (nSPS) is 10.2. The third-order valence-electron chi connectivity index (χ3n) is 3.81. The van der Waals surface area contributed by atoms with Gasteiger partial charge in [0.05, 0.1) is 12.7 Å². The average molecular weight is 361 g/mol. The average Bonchev–Trinajstić information content (AvgIpc) is 2.60. The zero-order valence-corrected chi connectivity index (χ0v) is 15.3. The van der Waals surface area contributed by atoms with Gasteiger partial charge in [-0.1, -0.05) is 29.8 Å². The Kier molecular flexibility index (Phi) is 6.42. The SMILES string of the molecule is COc1ccccc1C(=O)NCCN(C(C)=O)c1cc(Cl)ccc1C. The third kappa shape index (κ3) is 4.73. The number of nitrogens with one attached hydrogen (secondary N) is 1. The summed E-state index contributed by atoms with van der Waals surface area (Å²) in [5.74, 6) is 0.148. The van der Waals surface area contributed by atoms with E-state index in [0.29, 0.717) is 29.4 Å². The molecule has 5 nitrogen and oxygen atoms in total. The maximum absolute atomic E-state index is 12.3. The summed E-state index contributed by atoms with van der Waals surface area (Å²) in [6.45, 7) is 4.05. The number of hydrogen-bond acceptors (Lipinski definition) is 3. The summed E-state index contributed by atoms with van der Waals surface area (Å²) in [6, 6.07) is 12.4. The summed E-state index contributed by atoms with van der Waals surface area (Å²) in [6.07, 6.45) is 0. The predicted molar refractivity (Wildman–Crippen MR) is 99.5 cm³/mol. The van der Waals surface area contributed by atoms with Gasteiger partial charge in [0.1, 0.15) is 5.75 Å². The molecule has 0 spiro atoms. The lowest BCUT2D eigenvalue weighted by atomic mass is 10.1. The second-order valence-electron chi connectivity index (χ2n) is 5.56. The van der Waals surface area contributed by atoms with Crippen molar-refractivity contribution in [1.82, 2.24) is 5.32 Å². The molecule has 0 saturated carbocycles. The van der Waals surface area contributed by atoms with E-state index in [1.807, 2.05) is 13.0 Å². The quantitative estimate of drug-likeness (QED) is 0.858. The van der Waals surface area contributed by atoms with E-state index >= 15 is 0 Å². The second-order valence-corrected chi connectivity index (χ2v) is 5.99. The van der Waals surface area contributed by atoms with E-state index in [4.69, 9.17) is 16.3 Å². The summed E-state index contributed by atoms with van der Waals surface area (Å²) in [5.41, 5.74) is 2.14. The second kappa shape index (κ2) is 8.53. The van der Waals surface area contributed by atoms with Gasteiger partial charge < -0.3 is 15.0 Å². The van der Waals surface area contributed by atoms with Gasteiger partial charge in [-0.15, -0.1) is 0 Å². The van der Waals surface area contributed by atoms with E-state index in [9.17, 15) is 9.59 Å². The van der Waals surface area contributed by atoms with Gasteiger partial charge in [-0.3, -0.25) is 9.59 Å². The fourth-order valence-corrected chi connectivity index (χ4v) is 2.70. The summed E-state index contributed by atoms with van der Waals surface area (Å²) >= 11 is 6.04. The Balaban J connectivity index is 2.06. The van der Waals surface area contributed by atoms with Crippen molar-refractivity contribution >= 4 is 29.1 Å². The number of halogens is 1. The Morgan fingerprint density at radius 2 is 1.92 bits per heavy atom. The lowest BCUT2D eigenvalue weighted by Crippen LogP contribution is -2.38. The minimum absolute atomic E-state index is 0.114. The van der Waals surface area contributed by atoms with E-state index in [1.165, 1.54) is 14.0 Å². The van der Waals surface area contributed by atoms with Crippen molar-refractivity contribution < 1.29 is 14.3 Å². The van der Waals surface area contributed by atoms with Crippen LogP contribution < -0.4 is 15.0 Å². The van der Waals surface area contributed by atoms with Gasteiger partial charge in [0.25, 0.3) is 5.91 Å². The smallest absolute Gasteiger partial charge is 0.255 e. The lowest BCUT2D eigenvalue weighted by Gasteiger charge is -2.23. The molecule has 1 N–H and O–H groups in total. The highest BCUT2D eigenvalue weighted by molar-refractivity contribution is 6.31. The number of anilines is 1. The van der Waals surface area contributed by atoms with Crippen molar-refractivity contribution in [2.45, 2.75) is 13.8 Å². The Bertz CT molecular complexity index is 777. The van der Waals surface area contributed by atoms with Crippen LogP contribution in [0, 0.1) is 6.92 Å². The number of nitrogens with zero attached hydrogens (tertiary/aromatic N) is 1. The lowest BCUT2D eigenvalue weighted by molar-refractivity contribution is -0.116. The Labute approximate surface area is 152 Å². The van der Waals surface area contributed by atoms with E-state index in [1.54, 1.807) is 41.3 Å². The van der Waals surface area contributed by atoms with Crippen LogP contribution in [0.25, 0.3) is 0 Å². The molecule has 6 heteroatoms. The van der Waals surface area contributed by atoms with Crippen molar-refractivity contribution in [3.05, 3.63) is 58.6 Å². The van der Waals surface area contributed by atoms with Crippen LogP contribution in [0.15, 0.2) is 42.5 Å². The van der Waals surface area contributed by atoms with Crippen LogP contribution in [0.4, 0.5) is 5.69 Å². The van der Waals surface area contributed by atoms with Crippen molar-refractivity contribution in [1.29, 1.82) is 0 Å². The van der Waals surface area contributed by atoms with Crippen LogP contribution in [-0.4, -0.2) is 32.0 Å². The first-order chi connectivity index (χ1) is 11.9. The van der Waals surface area contributed by atoms with Gasteiger partial charge in [-0.05, 0) is 36.8 Å². The van der Waals surface area contributed by atoms with Crippen molar-refractivity contribution in [2.75, 3.05) is 25.1 Å². The number of amides is 2. The van der Waals surface area contributed by atoms with E-state index in [2.05, 4.69) is 5.32 Å². The molecule has 2 rings (SSSR count). The van der Waals surface area contributed by atoms with Gasteiger partial charge in [0.15, 0.2) is 0 Å². The number of rotatable bonds is 6. The highest BCUT2D eigenvalue weighted by Crippen LogP contribution is 2.24. The molecule has 2 aromatic carbocycles. The van der Waals surface area contributed by atoms with E-state index < -0.39 is 0 Å². The predicted octanol–water partition coefficient (Wildman–Crippen LogP) is 3.44. The van der Waals surface area contributed by atoms with Gasteiger partial charge in [0.2, 0.25) is 5.91 Å². The number of para-hydroxylation sites is 1. The van der Waals surface area contributed by atoms with Crippen LogP contribution in [0.3, 0.4) is 0 Å². The van der Waals surface area contributed by atoms with E-state index in [-0.39, 0.29) is 11.8 Å². The van der Waals surface area contributed by atoms with Gasteiger partial charge in [0, 0.05) is 30.7 Å². The molecule has 0 saturated heterocycles. The number of hydrogen-bond donors (Lipinski definition) is 1. The summed E-state index contributed by atoms with van der Waals surface area (Å²) in [7, 11) is 1.52. The minimum atomic E-state index is -0.247. The molecule has 0 heterocycles. The van der Waals surface area contributed by atoms with Crippen LogP contribution in [0.5, 0.6) is 5.75 Å². The van der Waals surface area contributed by atoms with Gasteiger partial charge in [-0.25, -0.2) is 0 Å². The number of carbonyl (C=O) groups excluding carboxylic acids is 2. The molecule has 0 fully saturated rings. The first kappa shape index (κ1) is 18.8. The fraction of sp³-hybridized carbons (Fsp3) is 0.263. The largest absolute Gasteiger partial charge is 0.496 e. The van der Waals surface area contributed by atoms with Gasteiger partial charge in [-0.2, -0.15) is 0 Å². The monoisotopic (exact) mass is 360 g/mol. The minimum Gasteiger partial charge on any atom is -0.496 e. The molecular weight excluding hydrogens is 340 g/mol. The molecule has 2 amide bonds. The van der Waals surface area contributed by atoms with Crippen LogP contribution >= 0.6 is 11.6 Å². The van der Waals surface area contributed by atoms with Crippen molar-refractivity contribution in [2.24, 2.45) is 0 Å². The number of benzene rings is 2. The standard InChI is InChI=1S/C19H21ClN2O3/c1-13-8-9-15(20)12-17(13)22(14(2)23)11-10-21-19(24)16-6-4-5-7-18(16)25-3/h4-9,12H,10-11H2,1-3H3,(H,21,24). The maximum atomic E-state index is 12.3. The first-order valence-electron chi connectivity index (χ1n) is 7.89. The van der Waals surface area contributed by atoms with E-state index in [0.717, 1.165) is 11.3 Å². The molecular formula is C19H21ClN2O3.